The minimum Gasteiger partial charge on any atom is -0.862 e. The maximum absolute atomic E-state index is 11.8. The number of hydrogen-bond acceptors (Lipinski definition) is 5. The highest BCUT2D eigenvalue weighted by Crippen LogP contribution is 2.22. The number of nitrogens with zero attached hydrogens (tertiary/aromatic N) is 1. The second-order valence-electron chi connectivity index (χ2n) is 4.58. The molecule has 106 valence electrons. The van der Waals surface area contributed by atoms with E-state index in [9.17, 15) is 15.0 Å². The van der Waals surface area contributed by atoms with Crippen LogP contribution >= 0.6 is 0 Å². The maximum Gasteiger partial charge on any atom is 0.336 e. The van der Waals surface area contributed by atoms with Crippen LogP contribution in [-0.4, -0.2) is 17.5 Å². The molecule has 0 atom stereocenters. The van der Waals surface area contributed by atoms with Gasteiger partial charge in [0.1, 0.15) is 11.3 Å². The molecule has 0 aliphatic carbocycles. The van der Waals surface area contributed by atoms with Crippen LogP contribution < -0.4 is 10.7 Å². The standard InChI is InChI=1S/C15H17NO4/c1-2-3-6-16-14(18)7-10-8-15(19)20-13-9-11(17)4-5-12(10)13/h4-5,8-9,17H,2-3,6-7H2,1H3,(H,16,18)/p-1. The first-order chi connectivity index (χ1) is 9.60. The number of unbranched alkanes of at least 4 members (excludes halogenated alkanes) is 1. The molecular formula is C15H16NO4-. The molecule has 5 heteroatoms. The van der Waals surface area contributed by atoms with Crippen LogP contribution in [0.15, 0.2) is 38.5 Å². The van der Waals surface area contributed by atoms with E-state index >= 15 is 0 Å². The fourth-order valence-corrected chi connectivity index (χ4v) is 1.95. The molecule has 2 aromatic rings. The molecule has 1 heterocycles. The summed E-state index contributed by atoms with van der Waals surface area (Å²) in [6, 6.07) is 5.78. The highest BCUT2D eigenvalue weighted by molar-refractivity contribution is 5.86. The molecule has 0 saturated carbocycles. The number of aromatic hydroxyl groups is 1. The van der Waals surface area contributed by atoms with Crippen molar-refractivity contribution in [2.45, 2.75) is 26.2 Å². The van der Waals surface area contributed by atoms with Crippen LogP contribution in [-0.2, 0) is 6.42 Å². The topological polar surface area (TPSA) is 85.9 Å². The van der Waals surface area contributed by atoms with Gasteiger partial charge >= 0.3 is 5.63 Å². The zero-order valence-electron chi connectivity index (χ0n) is 11.3. The van der Waals surface area contributed by atoms with Gasteiger partial charge in [0.15, 0.2) is 0 Å². The summed E-state index contributed by atoms with van der Waals surface area (Å²) >= 11 is 0. The van der Waals surface area contributed by atoms with Crippen LogP contribution in [0, 0.1) is 0 Å². The van der Waals surface area contributed by atoms with Crippen molar-refractivity contribution >= 4 is 16.9 Å². The predicted molar refractivity (Wildman–Crippen MR) is 75.1 cm³/mol. The first-order valence-electron chi connectivity index (χ1n) is 6.56. The molecule has 0 unspecified atom stereocenters. The van der Waals surface area contributed by atoms with Crippen molar-refractivity contribution in [2.24, 2.45) is 4.99 Å². The second kappa shape index (κ2) is 6.23. The lowest BCUT2D eigenvalue weighted by Crippen LogP contribution is -2.21. The third-order valence-corrected chi connectivity index (χ3v) is 2.96. The average Bonchev–Trinajstić information content (AvgIpc) is 2.38. The zero-order chi connectivity index (χ0) is 14.5. The van der Waals surface area contributed by atoms with Crippen LogP contribution in [0.1, 0.15) is 25.3 Å². The fourth-order valence-electron chi connectivity index (χ4n) is 1.95. The van der Waals surface area contributed by atoms with Gasteiger partial charge in [0, 0.05) is 30.5 Å². The summed E-state index contributed by atoms with van der Waals surface area (Å²) in [6.45, 7) is 2.54. The Bertz CT molecular complexity index is 688. The Morgan fingerprint density at radius 1 is 1.40 bits per heavy atom. The Balaban J connectivity index is 2.34. The normalized spacial score (nSPS) is 11.9. The molecule has 0 spiro atoms. The molecule has 0 amide bonds. The number of rotatable bonds is 5. The second-order valence-corrected chi connectivity index (χ2v) is 4.58. The van der Waals surface area contributed by atoms with Crippen LogP contribution in [0.2, 0.25) is 0 Å². The van der Waals surface area contributed by atoms with Gasteiger partial charge in [-0.15, -0.1) is 0 Å². The lowest BCUT2D eigenvalue weighted by Gasteiger charge is -2.12. The van der Waals surface area contributed by atoms with Crippen molar-refractivity contribution in [3.8, 4) is 5.75 Å². The van der Waals surface area contributed by atoms with Crippen molar-refractivity contribution < 1.29 is 14.6 Å². The Morgan fingerprint density at radius 2 is 2.20 bits per heavy atom. The summed E-state index contributed by atoms with van der Waals surface area (Å²) in [5.41, 5.74) is 0.301. The number of benzene rings is 1. The van der Waals surface area contributed by atoms with E-state index in [1.54, 1.807) is 6.07 Å². The van der Waals surface area contributed by atoms with Gasteiger partial charge in [0.25, 0.3) is 0 Å². The predicted octanol–water partition coefficient (Wildman–Crippen LogP) is 1.60. The number of phenols is 1. The van der Waals surface area contributed by atoms with Crippen molar-refractivity contribution in [2.75, 3.05) is 6.54 Å². The van der Waals surface area contributed by atoms with E-state index in [0.717, 1.165) is 12.8 Å². The van der Waals surface area contributed by atoms with Crippen molar-refractivity contribution in [3.05, 3.63) is 40.2 Å². The summed E-state index contributed by atoms with van der Waals surface area (Å²) in [7, 11) is 0. The molecule has 0 aliphatic rings. The van der Waals surface area contributed by atoms with Crippen molar-refractivity contribution in [1.82, 2.24) is 0 Å². The third kappa shape index (κ3) is 3.38. The molecule has 1 N–H and O–H groups in total. The highest BCUT2D eigenvalue weighted by Gasteiger charge is 2.06. The molecule has 2 rings (SSSR count). The van der Waals surface area contributed by atoms with E-state index in [1.165, 1.54) is 18.2 Å². The quantitative estimate of drug-likeness (QED) is 0.388. The Labute approximate surface area is 116 Å². The molecule has 0 radical (unpaired) electrons. The summed E-state index contributed by atoms with van der Waals surface area (Å²) < 4.78 is 5.01. The minimum absolute atomic E-state index is 0.0109. The van der Waals surface area contributed by atoms with Crippen molar-refractivity contribution in [1.29, 1.82) is 0 Å². The minimum atomic E-state index is -0.542. The van der Waals surface area contributed by atoms with E-state index in [4.69, 9.17) is 4.42 Å². The fraction of sp³-hybridized carbons (Fsp3) is 0.333. The molecule has 0 aliphatic heterocycles. The van der Waals surface area contributed by atoms with Crippen LogP contribution in [0.25, 0.3) is 11.0 Å². The smallest absolute Gasteiger partial charge is 0.336 e. The van der Waals surface area contributed by atoms with Crippen LogP contribution in [0.3, 0.4) is 0 Å². The van der Waals surface area contributed by atoms with Gasteiger partial charge in [-0.25, -0.2) is 4.79 Å². The summed E-state index contributed by atoms with van der Waals surface area (Å²) in [6.07, 6.45) is 1.92. The van der Waals surface area contributed by atoms with Gasteiger partial charge in [-0.05, 0) is 30.0 Å². The molecule has 1 aromatic carbocycles. The summed E-state index contributed by atoms with van der Waals surface area (Å²) in [5, 5.41) is 21.8. The number of phenolic OH excluding ortho intramolecular Hbond substituents is 1. The van der Waals surface area contributed by atoms with Crippen molar-refractivity contribution in [3.63, 3.8) is 0 Å². The van der Waals surface area contributed by atoms with E-state index in [1.807, 2.05) is 6.92 Å². The van der Waals surface area contributed by atoms with Gasteiger partial charge in [0.2, 0.25) is 0 Å². The molecule has 5 nitrogen and oxygen atoms in total. The molecule has 1 aromatic heterocycles. The van der Waals surface area contributed by atoms with Gasteiger partial charge < -0.3 is 19.6 Å². The average molecular weight is 274 g/mol. The van der Waals surface area contributed by atoms with Gasteiger partial charge in [0.05, 0.1) is 0 Å². The SMILES string of the molecule is CCCCN=C([O-])Cc1cc(=O)oc2cc(O)ccc12. The Morgan fingerprint density at radius 3 is 2.95 bits per heavy atom. The van der Waals surface area contributed by atoms with E-state index in [-0.39, 0.29) is 23.7 Å². The third-order valence-electron chi connectivity index (χ3n) is 2.96. The number of fused-ring (bicyclic) bond motifs is 1. The molecule has 0 fully saturated rings. The lowest BCUT2D eigenvalue weighted by molar-refractivity contribution is -0.218. The Kier molecular flexibility index (Phi) is 4.40. The van der Waals surface area contributed by atoms with Gasteiger partial charge in [-0.3, -0.25) is 0 Å². The summed E-state index contributed by atoms with van der Waals surface area (Å²) in [5.74, 6) is -0.241. The van der Waals surface area contributed by atoms with Crippen LogP contribution in [0.4, 0.5) is 0 Å². The first kappa shape index (κ1) is 14.1. The first-order valence-corrected chi connectivity index (χ1v) is 6.56. The van der Waals surface area contributed by atoms with Gasteiger partial charge in [-0.1, -0.05) is 13.3 Å². The monoisotopic (exact) mass is 274 g/mol. The molecule has 20 heavy (non-hydrogen) atoms. The largest absolute Gasteiger partial charge is 0.862 e. The van der Waals surface area contributed by atoms with E-state index in [0.29, 0.717) is 17.5 Å². The zero-order valence-corrected chi connectivity index (χ0v) is 11.3. The van der Waals surface area contributed by atoms with Crippen LogP contribution in [0.5, 0.6) is 5.75 Å². The lowest BCUT2D eigenvalue weighted by atomic mass is 10.1. The molecular weight excluding hydrogens is 258 g/mol. The number of aliphatic imine (C=N–C) groups is 1. The summed E-state index contributed by atoms with van der Waals surface area (Å²) in [4.78, 5) is 15.4. The molecule has 0 saturated heterocycles. The van der Waals surface area contributed by atoms with Gasteiger partial charge in [-0.2, -0.15) is 0 Å². The highest BCUT2D eigenvalue weighted by atomic mass is 16.4. The molecule has 0 bridgehead atoms. The number of hydrogen-bond donors (Lipinski definition) is 1. The maximum atomic E-state index is 11.8. The van der Waals surface area contributed by atoms with E-state index < -0.39 is 5.63 Å². The Hall–Kier alpha value is -2.30. The van der Waals surface area contributed by atoms with E-state index in [2.05, 4.69) is 4.99 Å².